The highest BCUT2D eigenvalue weighted by Crippen LogP contribution is 2.43. The van der Waals surface area contributed by atoms with Crippen LogP contribution in [-0.2, 0) is 9.57 Å². The molecule has 0 amide bonds. The van der Waals surface area contributed by atoms with Gasteiger partial charge in [0.1, 0.15) is 48.9 Å². The molecule has 0 bridgehead atoms. The highest BCUT2D eigenvalue weighted by molar-refractivity contribution is 6.30. The number of hydroxylamine groups is 1. The van der Waals surface area contributed by atoms with Gasteiger partial charge in [-0.1, -0.05) is 0 Å². The van der Waals surface area contributed by atoms with Crippen LogP contribution >= 0.6 is 23.2 Å². The lowest BCUT2D eigenvalue weighted by Crippen LogP contribution is -2.53. The van der Waals surface area contributed by atoms with Crippen molar-refractivity contribution in [3.05, 3.63) is 0 Å². The van der Waals surface area contributed by atoms with Crippen molar-refractivity contribution < 1.29 is 24.9 Å². The Morgan fingerprint density at radius 1 is 1.32 bits per heavy atom. The van der Waals surface area contributed by atoms with Crippen molar-refractivity contribution in [1.29, 1.82) is 0 Å². The Morgan fingerprint density at radius 2 is 2.10 bits per heavy atom. The van der Waals surface area contributed by atoms with E-state index < -0.39 is 36.3 Å². The fraction of sp³-hybridized carbons (Fsp3) is 0.895. The number of amidine groups is 1. The van der Waals surface area contributed by atoms with E-state index in [4.69, 9.17) is 32.8 Å². The Hall–Kier alpha value is -0.560. The number of aliphatic hydroxyl groups excluding tert-OH is 2. The quantitative estimate of drug-likeness (QED) is 0.269. The van der Waals surface area contributed by atoms with Crippen molar-refractivity contribution in [2.75, 3.05) is 13.3 Å². The highest BCUT2D eigenvalue weighted by atomic mass is 35.5. The molecule has 0 aromatic heterocycles. The van der Waals surface area contributed by atoms with Gasteiger partial charge in [0.05, 0.1) is 24.3 Å². The van der Waals surface area contributed by atoms with Crippen molar-refractivity contribution >= 4 is 35.4 Å². The Morgan fingerprint density at radius 3 is 2.81 bits per heavy atom. The molecule has 4 aliphatic rings. The molecule has 2 saturated heterocycles. The number of hydrogen-bond donors (Lipinski definition) is 5. The van der Waals surface area contributed by atoms with Crippen LogP contribution in [-0.4, -0.2) is 98.8 Å². The number of hydrogen-bond acceptors (Lipinski definition) is 10. The summed E-state index contributed by atoms with van der Waals surface area (Å²) < 4.78 is 6.11. The number of aliphatic imine (C=N–C) groups is 2. The Bertz CT molecular complexity index is 713. The predicted molar refractivity (Wildman–Crippen MR) is 116 cm³/mol. The van der Waals surface area contributed by atoms with Gasteiger partial charge >= 0.3 is 0 Å². The zero-order valence-electron chi connectivity index (χ0n) is 17.6. The summed E-state index contributed by atoms with van der Waals surface area (Å²) in [6.07, 6.45) is -1.43. The van der Waals surface area contributed by atoms with Gasteiger partial charge in [-0.3, -0.25) is 20.6 Å². The SMILES string of the molecule is CCONC1=NC=NC2C1NCN2[C@@H]1O[C@H]([C@](C)(O)C2CCC(Cl)C(Cl)C2)[C@@H](O)[C@H]1O. The number of halogens is 2. The van der Waals surface area contributed by atoms with Crippen LogP contribution in [0.3, 0.4) is 0 Å². The molecule has 12 heteroatoms. The average Bonchev–Trinajstić information content (AvgIpc) is 3.30. The number of rotatable bonds is 5. The number of ether oxygens (including phenoxy) is 1. The van der Waals surface area contributed by atoms with Crippen molar-refractivity contribution in [2.24, 2.45) is 15.9 Å². The Labute approximate surface area is 191 Å². The van der Waals surface area contributed by atoms with Crippen LogP contribution in [0.1, 0.15) is 33.1 Å². The summed E-state index contributed by atoms with van der Waals surface area (Å²) in [7, 11) is 0. The minimum absolute atomic E-state index is 0.139. The van der Waals surface area contributed by atoms with E-state index in [2.05, 4.69) is 20.8 Å². The molecule has 3 fully saturated rings. The first-order chi connectivity index (χ1) is 14.8. The highest BCUT2D eigenvalue weighted by Gasteiger charge is 2.57. The second-order valence-electron chi connectivity index (χ2n) is 8.78. The molecule has 10 nitrogen and oxygen atoms in total. The summed E-state index contributed by atoms with van der Waals surface area (Å²) in [5.41, 5.74) is 1.43. The minimum atomic E-state index is -1.38. The van der Waals surface area contributed by atoms with Gasteiger partial charge in [-0.05, 0) is 39.0 Å². The molecule has 5 unspecified atom stereocenters. The molecular formula is C19H31Cl2N5O5. The molecule has 1 aliphatic carbocycles. The number of nitrogens with zero attached hydrogens (tertiary/aromatic N) is 3. The minimum Gasteiger partial charge on any atom is -0.387 e. The summed E-state index contributed by atoms with van der Waals surface area (Å²) in [5, 5.41) is 35.9. The van der Waals surface area contributed by atoms with E-state index in [0.717, 1.165) is 0 Å². The molecule has 3 aliphatic heterocycles. The molecule has 176 valence electrons. The normalized spacial score (nSPS) is 45.3. The maximum absolute atomic E-state index is 11.4. The van der Waals surface area contributed by atoms with Crippen molar-refractivity contribution in [3.63, 3.8) is 0 Å². The topological polar surface area (TPSA) is 131 Å². The number of aliphatic hydroxyl groups is 3. The maximum Gasteiger partial charge on any atom is 0.148 e. The van der Waals surface area contributed by atoms with Gasteiger partial charge in [0.25, 0.3) is 0 Å². The lowest BCUT2D eigenvalue weighted by molar-refractivity contribution is -0.173. The molecule has 3 heterocycles. The van der Waals surface area contributed by atoms with Gasteiger partial charge in [0.15, 0.2) is 0 Å². The fourth-order valence-corrected chi connectivity index (χ4v) is 5.55. The summed E-state index contributed by atoms with van der Waals surface area (Å²) in [6, 6.07) is -0.278. The van der Waals surface area contributed by atoms with Crippen LogP contribution < -0.4 is 10.8 Å². The molecule has 0 aromatic rings. The van der Waals surface area contributed by atoms with Crippen LogP contribution in [0.15, 0.2) is 9.98 Å². The van der Waals surface area contributed by atoms with E-state index in [1.165, 1.54) is 6.34 Å². The third kappa shape index (κ3) is 4.34. The van der Waals surface area contributed by atoms with Gasteiger partial charge < -0.3 is 20.1 Å². The molecule has 0 spiro atoms. The van der Waals surface area contributed by atoms with Crippen LogP contribution in [0.25, 0.3) is 0 Å². The van der Waals surface area contributed by atoms with Crippen molar-refractivity contribution in [2.45, 2.75) is 86.2 Å². The Kier molecular flexibility index (Phi) is 7.12. The fourth-order valence-electron chi connectivity index (χ4n) is 4.98. The summed E-state index contributed by atoms with van der Waals surface area (Å²) in [4.78, 5) is 15.7. The van der Waals surface area contributed by atoms with Gasteiger partial charge in [-0.15, -0.1) is 23.2 Å². The van der Waals surface area contributed by atoms with Crippen LogP contribution in [0.2, 0.25) is 0 Å². The predicted octanol–water partition coefficient (Wildman–Crippen LogP) is -0.262. The Balaban J connectivity index is 1.47. The second kappa shape index (κ2) is 9.36. The van der Waals surface area contributed by atoms with Crippen molar-refractivity contribution in [1.82, 2.24) is 15.7 Å². The number of alkyl halides is 2. The monoisotopic (exact) mass is 479 g/mol. The van der Waals surface area contributed by atoms with Gasteiger partial charge in [-0.25, -0.2) is 9.89 Å². The molecule has 0 radical (unpaired) electrons. The van der Waals surface area contributed by atoms with E-state index >= 15 is 0 Å². The summed E-state index contributed by atoms with van der Waals surface area (Å²) in [5.74, 6) is 0.369. The third-order valence-corrected chi connectivity index (χ3v) is 7.96. The molecule has 1 saturated carbocycles. The lowest BCUT2D eigenvalue weighted by atomic mass is 9.73. The summed E-state index contributed by atoms with van der Waals surface area (Å²) >= 11 is 12.6. The first-order valence-corrected chi connectivity index (χ1v) is 11.6. The third-order valence-electron chi connectivity index (χ3n) is 6.82. The zero-order chi connectivity index (χ0) is 22.3. The molecule has 31 heavy (non-hydrogen) atoms. The second-order valence-corrected chi connectivity index (χ2v) is 9.90. The first-order valence-electron chi connectivity index (χ1n) is 10.7. The van der Waals surface area contributed by atoms with Crippen LogP contribution in [0, 0.1) is 5.92 Å². The smallest absolute Gasteiger partial charge is 0.148 e. The van der Waals surface area contributed by atoms with E-state index in [1.807, 2.05) is 11.8 Å². The number of nitrogens with one attached hydrogen (secondary N) is 2. The van der Waals surface area contributed by atoms with Crippen LogP contribution in [0.5, 0.6) is 0 Å². The van der Waals surface area contributed by atoms with E-state index in [9.17, 15) is 15.3 Å². The zero-order valence-corrected chi connectivity index (χ0v) is 19.1. The van der Waals surface area contributed by atoms with Crippen molar-refractivity contribution in [3.8, 4) is 0 Å². The van der Waals surface area contributed by atoms with Crippen LogP contribution in [0.4, 0.5) is 0 Å². The van der Waals surface area contributed by atoms with Gasteiger partial charge in [0, 0.05) is 5.38 Å². The molecule has 10 atom stereocenters. The molecule has 5 N–H and O–H groups in total. The van der Waals surface area contributed by atoms with E-state index in [0.29, 0.717) is 38.4 Å². The van der Waals surface area contributed by atoms with Gasteiger partial charge in [0.2, 0.25) is 0 Å². The maximum atomic E-state index is 11.4. The molecule has 4 rings (SSSR count). The van der Waals surface area contributed by atoms with E-state index in [-0.39, 0.29) is 22.7 Å². The molecular weight excluding hydrogens is 449 g/mol. The van der Waals surface area contributed by atoms with Gasteiger partial charge in [-0.2, -0.15) is 0 Å². The molecule has 0 aromatic carbocycles. The summed E-state index contributed by atoms with van der Waals surface area (Å²) in [6.45, 7) is 4.32. The number of fused-ring (bicyclic) bond motifs is 1. The average molecular weight is 480 g/mol. The van der Waals surface area contributed by atoms with E-state index in [1.54, 1.807) is 6.92 Å². The largest absolute Gasteiger partial charge is 0.387 e. The lowest BCUT2D eigenvalue weighted by Gasteiger charge is -2.42. The standard InChI is InChI=1S/C19H31Cl2N5O5/c1-3-30-25-16-12-17(23-7-22-16)26(8-24-12)18-14(28)13(27)15(31-18)19(2,29)9-4-5-10(20)11(21)6-9/h7,9-15,17-18,24,27-29H,3-6,8H2,1-2H3,(H,22,23,25)/t9?,10?,11?,12?,13-,14+,15-,17?,18+,19+/m0/s1. The first kappa shape index (κ1) is 23.6.